The summed E-state index contributed by atoms with van der Waals surface area (Å²) in [5, 5.41) is 7.72. The van der Waals surface area contributed by atoms with Crippen LogP contribution in [0.5, 0.6) is 11.5 Å². The lowest BCUT2D eigenvalue weighted by Crippen LogP contribution is -2.29. The van der Waals surface area contributed by atoms with Gasteiger partial charge in [-0.25, -0.2) is 13.1 Å². The van der Waals surface area contributed by atoms with Crippen LogP contribution in [-0.4, -0.2) is 55.0 Å². The Bertz CT molecular complexity index is 776. The SMILES string of the molecule is COc1ccc(OC)c(S(=O)(=O)N2CCC(n3ccnn3)C2)c1. The maximum Gasteiger partial charge on any atom is 0.246 e. The molecule has 1 saturated heterocycles. The summed E-state index contributed by atoms with van der Waals surface area (Å²) in [7, 11) is -0.729. The number of aromatic nitrogens is 3. The summed E-state index contributed by atoms with van der Waals surface area (Å²) in [6.45, 7) is 0.777. The van der Waals surface area contributed by atoms with Crippen molar-refractivity contribution in [3.8, 4) is 11.5 Å². The highest BCUT2D eigenvalue weighted by atomic mass is 32.2. The van der Waals surface area contributed by atoms with Crippen molar-refractivity contribution >= 4 is 10.0 Å². The Kier molecular flexibility index (Phi) is 4.22. The zero-order chi connectivity index (χ0) is 16.4. The van der Waals surface area contributed by atoms with Crippen molar-refractivity contribution in [3.63, 3.8) is 0 Å². The van der Waals surface area contributed by atoms with Crippen LogP contribution in [0.4, 0.5) is 0 Å². The molecule has 1 aliphatic rings. The van der Waals surface area contributed by atoms with Crippen LogP contribution in [0.3, 0.4) is 0 Å². The third-order valence-corrected chi connectivity index (χ3v) is 5.82. The Balaban J connectivity index is 1.90. The van der Waals surface area contributed by atoms with Crippen molar-refractivity contribution < 1.29 is 17.9 Å². The van der Waals surface area contributed by atoms with E-state index in [4.69, 9.17) is 9.47 Å². The van der Waals surface area contributed by atoms with Gasteiger partial charge in [-0.15, -0.1) is 5.10 Å². The fourth-order valence-corrected chi connectivity index (χ4v) is 4.34. The molecule has 2 aromatic rings. The largest absolute Gasteiger partial charge is 0.497 e. The second-order valence-electron chi connectivity index (χ2n) is 5.21. The number of sulfonamides is 1. The summed E-state index contributed by atoms with van der Waals surface area (Å²) < 4.78 is 39.4. The fourth-order valence-electron chi connectivity index (χ4n) is 2.68. The number of methoxy groups -OCH3 is 2. The Hall–Kier alpha value is -2.13. The molecular formula is C14H18N4O4S. The molecule has 0 aliphatic carbocycles. The standard InChI is InChI=1S/C14H18N4O4S/c1-21-12-3-4-13(22-2)14(9-12)23(19,20)17-7-5-11(10-17)18-8-6-15-16-18/h3-4,6,8-9,11H,5,7,10H2,1-2H3. The van der Waals surface area contributed by atoms with Crippen LogP contribution in [0, 0.1) is 0 Å². The molecule has 8 nitrogen and oxygen atoms in total. The Labute approximate surface area is 134 Å². The van der Waals surface area contributed by atoms with Crippen LogP contribution in [0.25, 0.3) is 0 Å². The number of hydrogen-bond donors (Lipinski definition) is 0. The average molecular weight is 338 g/mol. The Morgan fingerprint density at radius 1 is 1.26 bits per heavy atom. The number of hydrogen-bond acceptors (Lipinski definition) is 6. The first-order chi connectivity index (χ1) is 11.1. The topological polar surface area (TPSA) is 86.5 Å². The van der Waals surface area contributed by atoms with E-state index >= 15 is 0 Å². The maximum absolute atomic E-state index is 12.9. The van der Waals surface area contributed by atoms with Crippen LogP contribution < -0.4 is 9.47 Å². The quantitative estimate of drug-likeness (QED) is 0.806. The molecule has 0 bridgehead atoms. The summed E-state index contributed by atoms with van der Waals surface area (Å²) in [5.74, 6) is 0.770. The van der Waals surface area contributed by atoms with Crippen LogP contribution in [0.1, 0.15) is 12.5 Å². The van der Waals surface area contributed by atoms with E-state index in [9.17, 15) is 8.42 Å². The molecule has 1 aliphatic heterocycles. The van der Waals surface area contributed by atoms with Gasteiger partial charge in [-0.2, -0.15) is 4.31 Å². The molecule has 2 heterocycles. The van der Waals surface area contributed by atoms with E-state index in [2.05, 4.69) is 10.3 Å². The van der Waals surface area contributed by atoms with Crippen molar-refractivity contribution in [2.75, 3.05) is 27.3 Å². The number of benzene rings is 1. The minimum atomic E-state index is -3.67. The lowest BCUT2D eigenvalue weighted by molar-refractivity contribution is 0.386. The van der Waals surface area contributed by atoms with Gasteiger partial charge in [0.25, 0.3) is 0 Å². The molecule has 1 fully saturated rings. The van der Waals surface area contributed by atoms with Crippen molar-refractivity contribution in [2.45, 2.75) is 17.4 Å². The summed E-state index contributed by atoms with van der Waals surface area (Å²) in [4.78, 5) is 0.110. The summed E-state index contributed by atoms with van der Waals surface area (Å²) in [5.41, 5.74) is 0. The highest BCUT2D eigenvalue weighted by Crippen LogP contribution is 2.33. The number of nitrogens with zero attached hydrogens (tertiary/aromatic N) is 4. The predicted molar refractivity (Wildman–Crippen MR) is 82.0 cm³/mol. The van der Waals surface area contributed by atoms with Crippen molar-refractivity contribution in [1.82, 2.24) is 19.3 Å². The second-order valence-corrected chi connectivity index (χ2v) is 7.11. The molecule has 3 rings (SSSR count). The molecular weight excluding hydrogens is 320 g/mol. The minimum absolute atomic E-state index is 0.0103. The highest BCUT2D eigenvalue weighted by Gasteiger charge is 2.35. The van der Waals surface area contributed by atoms with E-state index in [0.717, 1.165) is 0 Å². The molecule has 0 N–H and O–H groups in total. The van der Waals surface area contributed by atoms with Crippen LogP contribution in [-0.2, 0) is 10.0 Å². The molecule has 1 aromatic carbocycles. The Morgan fingerprint density at radius 2 is 2.09 bits per heavy atom. The third kappa shape index (κ3) is 2.89. The zero-order valence-corrected chi connectivity index (χ0v) is 13.7. The summed E-state index contributed by atoms with van der Waals surface area (Å²) >= 11 is 0. The lowest BCUT2D eigenvalue weighted by atomic mass is 10.3. The van der Waals surface area contributed by atoms with Crippen molar-refractivity contribution in [3.05, 3.63) is 30.6 Å². The summed E-state index contributed by atoms with van der Waals surface area (Å²) in [6.07, 6.45) is 4.02. The van der Waals surface area contributed by atoms with Gasteiger partial charge in [0.1, 0.15) is 16.4 Å². The van der Waals surface area contributed by atoms with E-state index < -0.39 is 10.0 Å². The third-order valence-electron chi connectivity index (χ3n) is 3.93. The Morgan fingerprint density at radius 3 is 2.74 bits per heavy atom. The first-order valence-corrected chi connectivity index (χ1v) is 8.58. The van der Waals surface area contributed by atoms with E-state index in [1.54, 1.807) is 29.2 Å². The van der Waals surface area contributed by atoms with E-state index in [-0.39, 0.29) is 10.9 Å². The predicted octanol–water partition coefficient (Wildman–Crippen LogP) is 0.931. The molecule has 1 aromatic heterocycles. The maximum atomic E-state index is 12.9. The van der Waals surface area contributed by atoms with Gasteiger partial charge in [-0.1, -0.05) is 5.21 Å². The summed E-state index contributed by atoms with van der Waals surface area (Å²) in [6, 6.07) is 4.73. The lowest BCUT2D eigenvalue weighted by Gasteiger charge is -2.19. The molecule has 0 saturated carbocycles. The highest BCUT2D eigenvalue weighted by molar-refractivity contribution is 7.89. The van der Waals surface area contributed by atoms with Gasteiger partial charge in [0, 0.05) is 25.4 Å². The molecule has 124 valence electrons. The molecule has 1 atom stereocenters. The molecule has 0 radical (unpaired) electrons. The monoisotopic (exact) mass is 338 g/mol. The fraction of sp³-hybridized carbons (Fsp3) is 0.429. The van der Waals surface area contributed by atoms with Crippen molar-refractivity contribution in [2.24, 2.45) is 0 Å². The number of rotatable bonds is 5. The number of ether oxygens (including phenoxy) is 2. The smallest absolute Gasteiger partial charge is 0.246 e. The van der Waals surface area contributed by atoms with Gasteiger partial charge in [0.05, 0.1) is 26.5 Å². The molecule has 0 amide bonds. The van der Waals surface area contributed by atoms with Gasteiger partial charge in [-0.3, -0.25) is 0 Å². The molecule has 1 unspecified atom stereocenters. The van der Waals surface area contributed by atoms with Crippen LogP contribution >= 0.6 is 0 Å². The zero-order valence-electron chi connectivity index (χ0n) is 12.9. The molecule has 23 heavy (non-hydrogen) atoms. The van der Waals surface area contributed by atoms with E-state index in [1.165, 1.54) is 24.6 Å². The van der Waals surface area contributed by atoms with E-state index in [0.29, 0.717) is 31.0 Å². The minimum Gasteiger partial charge on any atom is -0.497 e. The van der Waals surface area contributed by atoms with Crippen molar-refractivity contribution in [1.29, 1.82) is 0 Å². The van der Waals surface area contributed by atoms with E-state index in [1.807, 2.05) is 0 Å². The average Bonchev–Trinajstić information content (AvgIpc) is 3.25. The van der Waals surface area contributed by atoms with Gasteiger partial charge < -0.3 is 9.47 Å². The first-order valence-electron chi connectivity index (χ1n) is 7.14. The van der Waals surface area contributed by atoms with Crippen LogP contribution in [0.2, 0.25) is 0 Å². The van der Waals surface area contributed by atoms with Gasteiger partial charge in [0.2, 0.25) is 10.0 Å². The normalized spacial score (nSPS) is 19.0. The molecule has 9 heteroatoms. The molecule has 0 spiro atoms. The van der Waals surface area contributed by atoms with Crippen LogP contribution in [0.15, 0.2) is 35.5 Å². The first kappa shape index (κ1) is 15.8. The second kappa shape index (κ2) is 6.17. The van der Waals surface area contributed by atoms with Gasteiger partial charge in [0.15, 0.2) is 0 Å². The van der Waals surface area contributed by atoms with Gasteiger partial charge >= 0.3 is 0 Å². The van der Waals surface area contributed by atoms with Gasteiger partial charge in [-0.05, 0) is 18.6 Å².